The van der Waals surface area contributed by atoms with E-state index in [0.717, 1.165) is 25.3 Å². The van der Waals surface area contributed by atoms with Gasteiger partial charge in [-0.3, -0.25) is 0 Å². The molecule has 1 aromatic carbocycles. The quantitative estimate of drug-likeness (QED) is 0.745. The summed E-state index contributed by atoms with van der Waals surface area (Å²) in [6.45, 7) is 8.37. The van der Waals surface area contributed by atoms with Crippen molar-refractivity contribution < 1.29 is 4.74 Å². The van der Waals surface area contributed by atoms with E-state index in [-0.39, 0.29) is 0 Å². The van der Waals surface area contributed by atoms with E-state index in [2.05, 4.69) is 44.3 Å². The Bertz CT molecular complexity index is 321. The average Bonchev–Trinajstić information content (AvgIpc) is 2.24. The van der Waals surface area contributed by atoms with Crippen LogP contribution in [0.2, 0.25) is 0 Å². The Kier molecular flexibility index (Phi) is 5.33. The highest BCUT2D eigenvalue weighted by Crippen LogP contribution is 2.23. The van der Waals surface area contributed by atoms with Gasteiger partial charge in [0, 0.05) is 0 Å². The van der Waals surface area contributed by atoms with Crippen LogP contribution in [0.5, 0.6) is 5.75 Å². The third-order valence-electron chi connectivity index (χ3n) is 2.70. The summed E-state index contributed by atoms with van der Waals surface area (Å²) in [7, 11) is 1.96. The Labute approximate surface area is 99.0 Å². The van der Waals surface area contributed by atoms with Gasteiger partial charge in [-0.2, -0.15) is 0 Å². The lowest BCUT2D eigenvalue weighted by atomic mass is 9.98. The van der Waals surface area contributed by atoms with E-state index in [4.69, 9.17) is 4.74 Å². The molecule has 0 radical (unpaired) electrons. The lowest BCUT2D eigenvalue weighted by Gasteiger charge is -2.12. The fourth-order valence-electron chi connectivity index (χ4n) is 1.82. The molecule has 0 aliphatic heterocycles. The molecule has 0 unspecified atom stereocenters. The topological polar surface area (TPSA) is 21.3 Å². The van der Waals surface area contributed by atoms with Gasteiger partial charge >= 0.3 is 0 Å². The second-order valence-electron chi connectivity index (χ2n) is 4.48. The van der Waals surface area contributed by atoms with E-state index in [1.54, 1.807) is 0 Å². The van der Waals surface area contributed by atoms with Crippen molar-refractivity contribution in [1.29, 1.82) is 0 Å². The van der Waals surface area contributed by atoms with Crippen molar-refractivity contribution >= 4 is 0 Å². The molecule has 90 valence electrons. The van der Waals surface area contributed by atoms with E-state index in [0.29, 0.717) is 5.92 Å². The van der Waals surface area contributed by atoms with Crippen molar-refractivity contribution in [3.63, 3.8) is 0 Å². The van der Waals surface area contributed by atoms with Gasteiger partial charge in [0.05, 0.1) is 6.61 Å². The summed E-state index contributed by atoms with van der Waals surface area (Å²) < 4.78 is 5.68. The highest BCUT2D eigenvalue weighted by molar-refractivity contribution is 5.36. The van der Waals surface area contributed by atoms with Crippen molar-refractivity contribution in [3.05, 3.63) is 29.3 Å². The zero-order valence-electron chi connectivity index (χ0n) is 10.8. The predicted molar refractivity (Wildman–Crippen MR) is 69.3 cm³/mol. The van der Waals surface area contributed by atoms with Gasteiger partial charge < -0.3 is 10.1 Å². The van der Waals surface area contributed by atoms with Crippen LogP contribution in [0.15, 0.2) is 18.2 Å². The van der Waals surface area contributed by atoms with Gasteiger partial charge in [-0.05, 0) is 56.1 Å². The van der Waals surface area contributed by atoms with Crippen LogP contribution in [-0.2, 0) is 0 Å². The lowest BCUT2D eigenvalue weighted by Crippen LogP contribution is -2.11. The molecule has 1 N–H and O–H groups in total. The molecule has 0 bridgehead atoms. The first kappa shape index (κ1) is 13.0. The Morgan fingerprint density at radius 1 is 1.31 bits per heavy atom. The molecule has 0 fully saturated rings. The lowest BCUT2D eigenvalue weighted by molar-refractivity contribution is 0.309. The highest BCUT2D eigenvalue weighted by Gasteiger charge is 2.04. The Hall–Kier alpha value is -1.02. The van der Waals surface area contributed by atoms with Crippen molar-refractivity contribution in [3.8, 4) is 5.75 Å². The van der Waals surface area contributed by atoms with E-state index in [9.17, 15) is 0 Å². The van der Waals surface area contributed by atoms with Gasteiger partial charge in [0.15, 0.2) is 0 Å². The molecule has 0 aliphatic rings. The van der Waals surface area contributed by atoms with Gasteiger partial charge in [-0.25, -0.2) is 0 Å². The zero-order chi connectivity index (χ0) is 12.0. The zero-order valence-corrected chi connectivity index (χ0v) is 10.8. The summed E-state index contributed by atoms with van der Waals surface area (Å²) in [5.74, 6) is 1.57. The number of hydrogen-bond donors (Lipinski definition) is 1. The normalized spacial score (nSPS) is 10.8. The molecule has 0 aliphatic carbocycles. The third-order valence-corrected chi connectivity index (χ3v) is 2.70. The monoisotopic (exact) mass is 221 g/mol. The minimum atomic E-state index is 0.582. The summed E-state index contributed by atoms with van der Waals surface area (Å²) in [5.41, 5.74) is 2.73. The van der Waals surface area contributed by atoms with Crippen molar-refractivity contribution in [2.45, 2.75) is 33.1 Å². The summed E-state index contributed by atoms with van der Waals surface area (Å²) >= 11 is 0. The molecular weight excluding hydrogens is 198 g/mol. The van der Waals surface area contributed by atoms with Crippen LogP contribution in [-0.4, -0.2) is 20.2 Å². The number of aryl methyl sites for hydroxylation is 1. The molecule has 0 saturated carbocycles. The first-order valence-corrected chi connectivity index (χ1v) is 6.03. The highest BCUT2D eigenvalue weighted by atomic mass is 16.5. The molecule has 0 saturated heterocycles. The first-order valence-electron chi connectivity index (χ1n) is 6.03. The minimum absolute atomic E-state index is 0.582. The standard InChI is InChI=1S/C14H23NO/c1-11(2)14-7-6-13(10-12(14)3)16-9-5-8-15-4/h6-7,10-11,15H,5,8-9H2,1-4H3. The molecule has 0 amide bonds. The molecule has 1 aromatic rings. The number of hydrogen-bond acceptors (Lipinski definition) is 2. The maximum Gasteiger partial charge on any atom is 0.119 e. The first-order chi connectivity index (χ1) is 7.65. The van der Waals surface area contributed by atoms with Crippen LogP contribution in [0, 0.1) is 6.92 Å². The maximum atomic E-state index is 5.68. The Balaban J connectivity index is 2.53. The van der Waals surface area contributed by atoms with Crippen LogP contribution in [0.3, 0.4) is 0 Å². The summed E-state index contributed by atoms with van der Waals surface area (Å²) in [5, 5.41) is 3.11. The van der Waals surface area contributed by atoms with Crippen LogP contribution in [0.4, 0.5) is 0 Å². The van der Waals surface area contributed by atoms with E-state index < -0.39 is 0 Å². The Morgan fingerprint density at radius 2 is 2.06 bits per heavy atom. The summed E-state index contributed by atoms with van der Waals surface area (Å²) in [4.78, 5) is 0. The number of benzene rings is 1. The van der Waals surface area contributed by atoms with Gasteiger partial charge in [0.2, 0.25) is 0 Å². The SMILES string of the molecule is CNCCCOc1ccc(C(C)C)c(C)c1. The second-order valence-corrected chi connectivity index (χ2v) is 4.48. The summed E-state index contributed by atoms with van der Waals surface area (Å²) in [6, 6.07) is 6.38. The fraction of sp³-hybridized carbons (Fsp3) is 0.571. The van der Waals surface area contributed by atoms with Gasteiger partial charge in [-0.15, -0.1) is 0 Å². The van der Waals surface area contributed by atoms with Gasteiger partial charge in [-0.1, -0.05) is 19.9 Å². The van der Waals surface area contributed by atoms with Crippen molar-refractivity contribution in [1.82, 2.24) is 5.32 Å². The molecule has 0 atom stereocenters. The van der Waals surface area contributed by atoms with Gasteiger partial charge in [0.25, 0.3) is 0 Å². The minimum Gasteiger partial charge on any atom is -0.494 e. The largest absolute Gasteiger partial charge is 0.494 e. The third kappa shape index (κ3) is 3.86. The molecule has 0 aromatic heterocycles. The molecular formula is C14H23NO. The van der Waals surface area contributed by atoms with E-state index in [1.807, 2.05) is 7.05 Å². The molecule has 1 rings (SSSR count). The number of nitrogens with one attached hydrogen (secondary N) is 1. The van der Waals surface area contributed by atoms with Crippen molar-refractivity contribution in [2.75, 3.05) is 20.2 Å². The molecule has 0 spiro atoms. The maximum absolute atomic E-state index is 5.68. The molecule has 0 heterocycles. The fourth-order valence-corrected chi connectivity index (χ4v) is 1.82. The number of rotatable bonds is 6. The summed E-state index contributed by atoms with van der Waals surface area (Å²) in [6.07, 6.45) is 1.04. The second kappa shape index (κ2) is 6.54. The van der Waals surface area contributed by atoms with Crippen LogP contribution >= 0.6 is 0 Å². The molecule has 2 heteroatoms. The van der Waals surface area contributed by atoms with E-state index >= 15 is 0 Å². The van der Waals surface area contributed by atoms with Crippen LogP contribution in [0.25, 0.3) is 0 Å². The van der Waals surface area contributed by atoms with E-state index in [1.165, 1.54) is 11.1 Å². The molecule has 16 heavy (non-hydrogen) atoms. The molecule has 2 nitrogen and oxygen atoms in total. The van der Waals surface area contributed by atoms with Crippen LogP contribution in [0.1, 0.15) is 37.3 Å². The number of ether oxygens (including phenoxy) is 1. The Morgan fingerprint density at radius 3 is 2.62 bits per heavy atom. The predicted octanol–water partition coefficient (Wildman–Crippen LogP) is 3.11. The van der Waals surface area contributed by atoms with Crippen LogP contribution < -0.4 is 10.1 Å². The smallest absolute Gasteiger partial charge is 0.119 e. The van der Waals surface area contributed by atoms with Crippen molar-refractivity contribution in [2.24, 2.45) is 0 Å². The average molecular weight is 221 g/mol. The van der Waals surface area contributed by atoms with Gasteiger partial charge in [0.1, 0.15) is 5.75 Å².